The Hall–Kier alpha value is -2.30. The van der Waals surface area contributed by atoms with E-state index in [1.165, 1.54) is 4.57 Å². The Kier molecular flexibility index (Phi) is 3.06. The molecule has 0 saturated carbocycles. The van der Waals surface area contributed by atoms with Gasteiger partial charge in [0.1, 0.15) is 5.82 Å². The van der Waals surface area contributed by atoms with E-state index < -0.39 is 5.91 Å². The number of primary amides is 1. The SMILES string of the molecule is CC(CC(N)=O)n1c(N)cc2ccccc2c1=O. The van der Waals surface area contributed by atoms with Crippen LogP contribution in [0.4, 0.5) is 5.82 Å². The van der Waals surface area contributed by atoms with E-state index in [-0.39, 0.29) is 18.0 Å². The first-order chi connectivity index (χ1) is 8.50. The van der Waals surface area contributed by atoms with Crippen LogP contribution in [0.5, 0.6) is 0 Å². The van der Waals surface area contributed by atoms with Crippen molar-refractivity contribution < 1.29 is 4.79 Å². The third-order valence-corrected chi connectivity index (χ3v) is 2.93. The van der Waals surface area contributed by atoms with Crippen LogP contribution in [0.25, 0.3) is 10.8 Å². The van der Waals surface area contributed by atoms with E-state index in [4.69, 9.17) is 11.5 Å². The molecule has 94 valence electrons. The first-order valence-electron chi connectivity index (χ1n) is 5.68. The van der Waals surface area contributed by atoms with Crippen molar-refractivity contribution in [3.05, 3.63) is 40.7 Å². The molecule has 2 rings (SSSR count). The van der Waals surface area contributed by atoms with Crippen molar-refractivity contribution in [2.75, 3.05) is 5.73 Å². The van der Waals surface area contributed by atoms with Crippen molar-refractivity contribution in [3.63, 3.8) is 0 Å². The van der Waals surface area contributed by atoms with Gasteiger partial charge in [0.2, 0.25) is 5.91 Å². The molecular formula is C13H15N3O2. The molecule has 0 aliphatic heterocycles. The number of carbonyl (C=O) groups is 1. The maximum absolute atomic E-state index is 12.3. The number of hydrogen-bond donors (Lipinski definition) is 2. The highest BCUT2D eigenvalue weighted by molar-refractivity contribution is 5.83. The number of anilines is 1. The van der Waals surface area contributed by atoms with Crippen LogP contribution in [0.3, 0.4) is 0 Å². The van der Waals surface area contributed by atoms with Crippen LogP contribution in [0.2, 0.25) is 0 Å². The summed E-state index contributed by atoms with van der Waals surface area (Å²) in [6.45, 7) is 1.75. The molecule has 5 nitrogen and oxygen atoms in total. The molecular weight excluding hydrogens is 230 g/mol. The fourth-order valence-corrected chi connectivity index (χ4v) is 2.13. The van der Waals surface area contributed by atoms with E-state index in [0.29, 0.717) is 11.2 Å². The van der Waals surface area contributed by atoms with Crippen LogP contribution in [0, 0.1) is 0 Å². The van der Waals surface area contributed by atoms with Gasteiger partial charge in [-0.1, -0.05) is 18.2 Å². The third-order valence-electron chi connectivity index (χ3n) is 2.93. The van der Waals surface area contributed by atoms with Gasteiger partial charge in [-0.15, -0.1) is 0 Å². The van der Waals surface area contributed by atoms with Gasteiger partial charge in [0.05, 0.1) is 0 Å². The lowest BCUT2D eigenvalue weighted by molar-refractivity contribution is -0.118. The minimum Gasteiger partial charge on any atom is -0.385 e. The highest BCUT2D eigenvalue weighted by Gasteiger charge is 2.14. The third kappa shape index (κ3) is 2.07. The predicted octanol–water partition coefficient (Wildman–Crippen LogP) is 1.02. The van der Waals surface area contributed by atoms with E-state index in [1.54, 1.807) is 25.1 Å². The predicted molar refractivity (Wildman–Crippen MR) is 71.1 cm³/mol. The summed E-state index contributed by atoms with van der Waals surface area (Å²) in [5.74, 6) is -0.116. The summed E-state index contributed by atoms with van der Waals surface area (Å²) in [6.07, 6.45) is 0.0858. The van der Waals surface area contributed by atoms with Gasteiger partial charge in [-0.25, -0.2) is 0 Å². The van der Waals surface area contributed by atoms with Crippen molar-refractivity contribution in [3.8, 4) is 0 Å². The zero-order valence-electron chi connectivity index (χ0n) is 10.1. The number of fused-ring (bicyclic) bond motifs is 1. The number of rotatable bonds is 3. The fraction of sp³-hybridized carbons (Fsp3) is 0.231. The van der Waals surface area contributed by atoms with Gasteiger partial charge in [0.25, 0.3) is 5.56 Å². The maximum Gasteiger partial charge on any atom is 0.260 e. The Balaban J connectivity index is 2.64. The number of amides is 1. The summed E-state index contributed by atoms with van der Waals surface area (Å²) >= 11 is 0. The lowest BCUT2D eigenvalue weighted by atomic mass is 10.1. The number of aromatic nitrogens is 1. The van der Waals surface area contributed by atoms with Gasteiger partial charge in [0, 0.05) is 17.8 Å². The van der Waals surface area contributed by atoms with Crippen LogP contribution >= 0.6 is 0 Å². The van der Waals surface area contributed by atoms with Gasteiger partial charge < -0.3 is 11.5 Å². The molecule has 0 bridgehead atoms. The average molecular weight is 245 g/mol. The van der Waals surface area contributed by atoms with Gasteiger partial charge in [0.15, 0.2) is 0 Å². The second-order valence-corrected chi connectivity index (χ2v) is 4.35. The van der Waals surface area contributed by atoms with Crippen LogP contribution in [-0.4, -0.2) is 10.5 Å². The van der Waals surface area contributed by atoms with Crippen molar-refractivity contribution in [1.29, 1.82) is 0 Å². The van der Waals surface area contributed by atoms with E-state index in [9.17, 15) is 9.59 Å². The smallest absolute Gasteiger partial charge is 0.260 e. The molecule has 1 amide bonds. The van der Waals surface area contributed by atoms with Crippen LogP contribution < -0.4 is 17.0 Å². The summed E-state index contributed by atoms with van der Waals surface area (Å²) in [5.41, 5.74) is 10.8. The number of benzene rings is 1. The molecule has 1 unspecified atom stereocenters. The number of nitrogens with zero attached hydrogens (tertiary/aromatic N) is 1. The largest absolute Gasteiger partial charge is 0.385 e. The Morgan fingerprint density at radius 3 is 2.72 bits per heavy atom. The van der Waals surface area contributed by atoms with Crippen LogP contribution in [-0.2, 0) is 4.79 Å². The first kappa shape index (κ1) is 12.2. The second kappa shape index (κ2) is 4.52. The molecule has 0 saturated heterocycles. The van der Waals surface area contributed by atoms with Crippen molar-refractivity contribution in [2.24, 2.45) is 5.73 Å². The number of hydrogen-bond acceptors (Lipinski definition) is 3. The van der Waals surface area contributed by atoms with E-state index in [1.807, 2.05) is 12.1 Å². The Bertz CT molecular complexity index is 661. The van der Waals surface area contributed by atoms with Gasteiger partial charge >= 0.3 is 0 Å². The standard InChI is InChI=1S/C13H15N3O2/c1-8(6-12(15)17)16-11(14)7-9-4-2-3-5-10(9)13(16)18/h2-5,7-8H,6,14H2,1H3,(H2,15,17). The summed E-state index contributed by atoms with van der Waals surface area (Å²) in [7, 11) is 0. The molecule has 0 fully saturated rings. The minimum atomic E-state index is -0.457. The molecule has 5 heteroatoms. The number of nitrogen functional groups attached to an aromatic ring is 1. The van der Waals surface area contributed by atoms with Crippen LogP contribution in [0.1, 0.15) is 19.4 Å². The highest BCUT2D eigenvalue weighted by atomic mass is 16.1. The highest BCUT2D eigenvalue weighted by Crippen LogP contribution is 2.18. The van der Waals surface area contributed by atoms with E-state index in [2.05, 4.69) is 0 Å². The Morgan fingerprint density at radius 2 is 2.06 bits per heavy atom. The first-order valence-corrected chi connectivity index (χ1v) is 5.68. The van der Waals surface area contributed by atoms with Crippen molar-refractivity contribution >= 4 is 22.5 Å². The van der Waals surface area contributed by atoms with Gasteiger partial charge in [-0.2, -0.15) is 0 Å². The fourth-order valence-electron chi connectivity index (χ4n) is 2.13. The Morgan fingerprint density at radius 1 is 1.39 bits per heavy atom. The number of carbonyl (C=O) groups excluding carboxylic acids is 1. The average Bonchev–Trinajstić information content (AvgIpc) is 2.27. The zero-order chi connectivity index (χ0) is 13.3. The number of pyridine rings is 1. The second-order valence-electron chi connectivity index (χ2n) is 4.35. The molecule has 0 aliphatic rings. The molecule has 18 heavy (non-hydrogen) atoms. The summed E-state index contributed by atoms with van der Waals surface area (Å²) < 4.78 is 1.41. The van der Waals surface area contributed by atoms with Gasteiger partial charge in [-0.3, -0.25) is 14.2 Å². The van der Waals surface area contributed by atoms with Gasteiger partial charge in [-0.05, 0) is 24.4 Å². The molecule has 0 aliphatic carbocycles. The van der Waals surface area contributed by atoms with Crippen molar-refractivity contribution in [1.82, 2.24) is 4.57 Å². The zero-order valence-corrected chi connectivity index (χ0v) is 10.1. The molecule has 0 spiro atoms. The topological polar surface area (TPSA) is 91.1 Å². The Labute approximate surface area is 104 Å². The lowest BCUT2D eigenvalue weighted by Gasteiger charge is -2.17. The summed E-state index contributed by atoms with van der Waals surface area (Å²) in [5, 5.41) is 1.38. The van der Waals surface area contributed by atoms with Crippen LogP contribution in [0.15, 0.2) is 35.1 Å². The molecule has 1 aromatic carbocycles. The monoisotopic (exact) mass is 245 g/mol. The molecule has 0 radical (unpaired) electrons. The molecule has 1 heterocycles. The van der Waals surface area contributed by atoms with Crippen molar-refractivity contribution in [2.45, 2.75) is 19.4 Å². The molecule has 1 atom stereocenters. The quantitative estimate of drug-likeness (QED) is 0.845. The molecule has 4 N–H and O–H groups in total. The van der Waals surface area contributed by atoms with E-state index >= 15 is 0 Å². The van der Waals surface area contributed by atoms with E-state index in [0.717, 1.165) is 5.39 Å². The summed E-state index contributed by atoms with van der Waals surface area (Å²) in [6, 6.07) is 8.59. The number of nitrogens with two attached hydrogens (primary N) is 2. The minimum absolute atomic E-state index is 0.0858. The summed E-state index contributed by atoms with van der Waals surface area (Å²) in [4.78, 5) is 23.2. The maximum atomic E-state index is 12.3. The lowest BCUT2D eigenvalue weighted by Crippen LogP contribution is -2.28. The normalized spacial score (nSPS) is 12.5. The molecule has 1 aromatic heterocycles. The molecule has 2 aromatic rings.